The minimum absolute atomic E-state index is 0.0549. The highest BCUT2D eigenvalue weighted by Gasteiger charge is 2.16. The van der Waals surface area contributed by atoms with E-state index in [1.54, 1.807) is 15.9 Å². The van der Waals surface area contributed by atoms with Crippen molar-refractivity contribution in [1.29, 1.82) is 0 Å². The number of aryl methyl sites for hydroxylation is 1. The van der Waals surface area contributed by atoms with Crippen LogP contribution in [-0.4, -0.2) is 19.7 Å². The summed E-state index contributed by atoms with van der Waals surface area (Å²) in [6.07, 6.45) is 2.02. The lowest BCUT2D eigenvalue weighted by Gasteiger charge is -2.00. The molecule has 0 fully saturated rings. The molecular weight excluding hydrogens is 258 g/mol. The second-order valence-electron chi connectivity index (χ2n) is 4.37. The Hall–Kier alpha value is -1.72. The molecule has 0 aliphatic carbocycles. The molecule has 3 rings (SSSR count). The fraction of sp³-hybridized carbons (Fsp3) is 0.286. The first kappa shape index (κ1) is 12.3. The minimum atomic E-state index is -0.0549. The first-order valence-corrected chi connectivity index (χ1v) is 7.18. The van der Waals surface area contributed by atoms with Crippen molar-refractivity contribution in [3.8, 4) is 11.3 Å². The summed E-state index contributed by atoms with van der Waals surface area (Å²) in [6, 6.07) is 9.91. The zero-order chi connectivity index (χ0) is 13.2. The Bertz CT molecular complexity index is 687. The van der Waals surface area contributed by atoms with Gasteiger partial charge in [0.05, 0.1) is 18.0 Å². The highest BCUT2D eigenvalue weighted by molar-refractivity contribution is 7.16. The number of hydrogen-bond acceptors (Lipinski definition) is 4. The van der Waals surface area contributed by atoms with E-state index in [1.807, 2.05) is 30.3 Å². The number of rotatable bonds is 4. The molecule has 2 heterocycles. The van der Waals surface area contributed by atoms with Crippen LogP contribution in [0.25, 0.3) is 16.2 Å². The van der Waals surface area contributed by atoms with E-state index in [4.69, 9.17) is 0 Å². The van der Waals surface area contributed by atoms with Crippen LogP contribution < -0.4 is 0 Å². The van der Waals surface area contributed by atoms with Gasteiger partial charge in [0.1, 0.15) is 5.01 Å². The van der Waals surface area contributed by atoms with Gasteiger partial charge in [-0.2, -0.15) is 5.10 Å². The van der Waals surface area contributed by atoms with E-state index in [9.17, 15) is 5.11 Å². The van der Waals surface area contributed by atoms with Gasteiger partial charge in [-0.25, -0.2) is 9.50 Å². The van der Waals surface area contributed by atoms with Crippen molar-refractivity contribution < 1.29 is 5.11 Å². The predicted octanol–water partition coefficient (Wildman–Crippen LogP) is 2.90. The molecule has 1 aromatic carbocycles. The Morgan fingerprint density at radius 3 is 2.74 bits per heavy atom. The molecule has 5 heteroatoms. The third-order valence-corrected chi connectivity index (χ3v) is 3.97. The lowest BCUT2D eigenvalue weighted by Crippen LogP contribution is -1.96. The van der Waals surface area contributed by atoms with E-state index >= 15 is 0 Å². The number of nitrogens with zero attached hydrogens (tertiary/aromatic N) is 3. The maximum absolute atomic E-state index is 9.61. The first-order valence-electron chi connectivity index (χ1n) is 6.37. The Morgan fingerprint density at radius 2 is 2.05 bits per heavy atom. The van der Waals surface area contributed by atoms with Gasteiger partial charge in [-0.3, -0.25) is 0 Å². The zero-order valence-electron chi connectivity index (χ0n) is 10.7. The lowest BCUT2D eigenvalue weighted by atomic mass is 10.1. The van der Waals surface area contributed by atoms with Gasteiger partial charge in [-0.15, -0.1) is 0 Å². The van der Waals surface area contributed by atoms with Gasteiger partial charge >= 0.3 is 0 Å². The van der Waals surface area contributed by atoms with Crippen LogP contribution in [0, 0.1) is 0 Å². The van der Waals surface area contributed by atoms with Crippen molar-refractivity contribution in [3.63, 3.8) is 0 Å². The lowest BCUT2D eigenvalue weighted by molar-refractivity contribution is 0.275. The van der Waals surface area contributed by atoms with Gasteiger partial charge in [0.15, 0.2) is 0 Å². The molecule has 1 N–H and O–H groups in total. The summed E-state index contributed by atoms with van der Waals surface area (Å²) in [7, 11) is 0. The maximum atomic E-state index is 9.61. The van der Waals surface area contributed by atoms with Crippen molar-refractivity contribution in [1.82, 2.24) is 14.6 Å². The van der Waals surface area contributed by atoms with Gasteiger partial charge in [0.2, 0.25) is 4.96 Å². The summed E-state index contributed by atoms with van der Waals surface area (Å²) in [6.45, 7) is 2.08. The number of aromatic nitrogens is 3. The van der Waals surface area contributed by atoms with Crippen molar-refractivity contribution in [2.45, 2.75) is 26.4 Å². The number of aliphatic hydroxyl groups excluding tert-OH is 1. The molecule has 19 heavy (non-hydrogen) atoms. The van der Waals surface area contributed by atoms with Gasteiger partial charge in [0, 0.05) is 12.0 Å². The Labute approximate surface area is 115 Å². The predicted molar refractivity (Wildman–Crippen MR) is 76.2 cm³/mol. The average Bonchev–Trinajstić information content (AvgIpc) is 2.96. The quantitative estimate of drug-likeness (QED) is 0.795. The van der Waals surface area contributed by atoms with Gasteiger partial charge in [-0.1, -0.05) is 48.6 Å². The summed E-state index contributed by atoms with van der Waals surface area (Å²) in [5, 5.41) is 15.2. The third-order valence-electron chi connectivity index (χ3n) is 3.00. The summed E-state index contributed by atoms with van der Waals surface area (Å²) in [4.78, 5) is 5.47. The van der Waals surface area contributed by atoms with Crippen LogP contribution in [0.1, 0.15) is 24.0 Å². The molecule has 2 aromatic heterocycles. The second kappa shape index (κ2) is 5.11. The number of fused-ring (bicyclic) bond motifs is 1. The van der Waals surface area contributed by atoms with E-state index in [0.29, 0.717) is 0 Å². The topological polar surface area (TPSA) is 50.4 Å². The summed E-state index contributed by atoms with van der Waals surface area (Å²) >= 11 is 1.60. The molecule has 0 saturated heterocycles. The normalized spacial score (nSPS) is 11.3. The van der Waals surface area contributed by atoms with E-state index in [-0.39, 0.29) is 6.61 Å². The molecular formula is C14H15N3OS. The number of aliphatic hydroxyl groups is 1. The minimum Gasteiger partial charge on any atom is -0.390 e. The number of imidazole rings is 1. The molecule has 4 nitrogen and oxygen atoms in total. The third kappa shape index (κ3) is 2.15. The van der Waals surface area contributed by atoms with Gasteiger partial charge < -0.3 is 5.11 Å². The standard InChI is InChI=1S/C14H15N3OS/c1-2-6-12-16-17-11(9-18)13(15-14(17)19-12)10-7-4-3-5-8-10/h3-5,7-8,18H,2,6,9H2,1H3. The molecule has 0 amide bonds. The van der Waals surface area contributed by atoms with Crippen LogP contribution >= 0.6 is 11.3 Å². The molecule has 0 radical (unpaired) electrons. The molecule has 0 bridgehead atoms. The smallest absolute Gasteiger partial charge is 0.213 e. The number of hydrogen-bond donors (Lipinski definition) is 1. The van der Waals surface area contributed by atoms with E-state index < -0.39 is 0 Å². The van der Waals surface area contributed by atoms with Gasteiger partial charge in [0.25, 0.3) is 0 Å². The fourth-order valence-corrected chi connectivity index (χ4v) is 3.13. The molecule has 0 atom stereocenters. The molecule has 0 aliphatic rings. The van der Waals surface area contributed by atoms with E-state index in [1.165, 1.54) is 0 Å². The zero-order valence-corrected chi connectivity index (χ0v) is 11.5. The van der Waals surface area contributed by atoms with Crippen LogP contribution in [0.3, 0.4) is 0 Å². The molecule has 0 aliphatic heterocycles. The van der Waals surface area contributed by atoms with Crippen molar-refractivity contribution in [2.24, 2.45) is 0 Å². The molecule has 3 aromatic rings. The Balaban J connectivity index is 2.13. The van der Waals surface area contributed by atoms with Crippen LogP contribution in [0.5, 0.6) is 0 Å². The van der Waals surface area contributed by atoms with Crippen LogP contribution in [0.4, 0.5) is 0 Å². The van der Waals surface area contributed by atoms with E-state index in [0.717, 1.165) is 39.8 Å². The monoisotopic (exact) mass is 273 g/mol. The largest absolute Gasteiger partial charge is 0.390 e. The first-order chi connectivity index (χ1) is 9.33. The molecule has 0 unspecified atom stereocenters. The SMILES string of the molecule is CCCc1nn2c(CO)c(-c3ccccc3)nc2s1. The highest BCUT2D eigenvalue weighted by Crippen LogP contribution is 2.27. The molecule has 0 spiro atoms. The fourth-order valence-electron chi connectivity index (χ4n) is 2.11. The maximum Gasteiger partial charge on any atom is 0.213 e. The number of benzene rings is 1. The summed E-state index contributed by atoms with van der Waals surface area (Å²) in [5.74, 6) is 0. The highest BCUT2D eigenvalue weighted by atomic mass is 32.1. The Morgan fingerprint density at radius 1 is 1.26 bits per heavy atom. The van der Waals surface area contributed by atoms with Crippen LogP contribution in [0.15, 0.2) is 30.3 Å². The van der Waals surface area contributed by atoms with E-state index in [2.05, 4.69) is 17.0 Å². The second-order valence-corrected chi connectivity index (χ2v) is 5.41. The Kier molecular flexibility index (Phi) is 3.31. The van der Waals surface area contributed by atoms with Gasteiger partial charge in [-0.05, 0) is 6.42 Å². The van der Waals surface area contributed by atoms with Crippen LogP contribution in [0.2, 0.25) is 0 Å². The summed E-state index contributed by atoms with van der Waals surface area (Å²) in [5.41, 5.74) is 2.60. The van der Waals surface area contributed by atoms with Crippen molar-refractivity contribution in [3.05, 3.63) is 41.0 Å². The average molecular weight is 273 g/mol. The van der Waals surface area contributed by atoms with Crippen molar-refractivity contribution in [2.75, 3.05) is 0 Å². The molecule has 98 valence electrons. The molecule has 0 saturated carbocycles. The van der Waals surface area contributed by atoms with Crippen LogP contribution in [-0.2, 0) is 13.0 Å². The summed E-state index contributed by atoms with van der Waals surface area (Å²) < 4.78 is 1.78. The van der Waals surface area contributed by atoms with Crippen molar-refractivity contribution >= 4 is 16.3 Å².